The number of hydrogen-bond acceptors (Lipinski definition) is 6. The van der Waals surface area contributed by atoms with Gasteiger partial charge >= 0.3 is 5.97 Å². The third-order valence-electron chi connectivity index (χ3n) is 4.90. The molecule has 1 aromatic rings. The summed E-state index contributed by atoms with van der Waals surface area (Å²) in [5.74, 6) is 0.634. The molecule has 0 saturated carbocycles. The molecule has 2 aliphatic heterocycles. The van der Waals surface area contributed by atoms with Crippen LogP contribution in [0, 0.1) is 5.41 Å². The van der Waals surface area contributed by atoms with Gasteiger partial charge in [-0.25, -0.2) is 9.79 Å². The average molecular weight is 416 g/mol. The summed E-state index contributed by atoms with van der Waals surface area (Å²) >= 11 is 1.71. The van der Waals surface area contributed by atoms with Crippen molar-refractivity contribution in [3.8, 4) is 0 Å². The van der Waals surface area contributed by atoms with E-state index in [1.54, 1.807) is 18.7 Å². The Morgan fingerprint density at radius 3 is 2.79 bits per heavy atom. The Labute approximate surface area is 176 Å². The number of rotatable bonds is 4. The molecule has 0 bridgehead atoms. The fourth-order valence-corrected chi connectivity index (χ4v) is 4.41. The Hall–Kier alpha value is -2.28. The third-order valence-corrected chi connectivity index (χ3v) is 5.97. The highest BCUT2D eigenvalue weighted by Gasteiger charge is 2.38. The van der Waals surface area contributed by atoms with Crippen LogP contribution in [0.5, 0.6) is 0 Å². The molecule has 1 aromatic carbocycles. The first-order chi connectivity index (χ1) is 13.7. The topological polar surface area (TPSA) is 71.0 Å². The van der Waals surface area contributed by atoms with E-state index < -0.39 is 5.41 Å². The van der Waals surface area contributed by atoms with Crippen molar-refractivity contribution in [2.45, 2.75) is 47.1 Å². The van der Waals surface area contributed by atoms with Gasteiger partial charge in [0.25, 0.3) is 0 Å². The zero-order valence-corrected chi connectivity index (χ0v) is 18.6. The molecule has 0 radical (unpaired) electrons. The number of amidine groups is 1. The SMILES string of the molecule is CCOC(=O)C1=C(C)N=C2SCCCN2[C@H]1c1cccc(NC(=O)C(C)(C)C)c1. The highest BCUT2D eigenvalue weighted by Crippen LogP contribution is 2.40. The first-order valence-electron chi connectivity index (χ1n) is 9.99. The molecule has 0 aromatic heterocycles. The first-order valence-corrected chi connectivity index (χ1v) is 11.0. The van der Waals surface area contributed by atoms with E-state index in [4.69, 9.17) is 4.74 Å². The maximum atomic E-state index is 12.8. The smallest absolute Gasteiger partial charge is 0.338 e. The number of nitrogens with zero attached hydrogens (tertiary/aromatic N) is 2. The van der Waals surface area contributed by atoms with Gasteiger partial charge in [-0.3, -0.25) is 4.79 Å². The van der Waals surface area contributed by atoms with Crippen molar-refractivity contribution in [1.82, 2.24) is 4.90 Å². The summed E-state index contributed by atoms with van der Waals surface area (Å²) in [4.78, 5) is 32.1. The lowest BCUT2D eigenvalue weighted by atomic mass is 9.93. The van der Waals surface area contributed by atoms with Crippen LogP contribution in [0.15, 0.2) is 40.5 Å². The number of carbonyl (C=O) groups excluding carboxylic acids is 2. The van der Waals surface area contributed by atoms with Gasteiger partial charge in [0.15, 0.2) is 5.17 Å². The number of amides is 1. The second-order valence-electron chi connectivity index (χ2n) is 8.24. The van der Waals surface area contributed by atoms with Crippen LogP contribution in [0.2, 0.25) is 0 Å². The molecular weight excluding hydrogens is 386 g/mol. The van der Waals surface area contributed by atoms with E-state index in [1.165, 1.54) is 0 Å². The van der Waals surface area contributed by atoms with Gasteiger partial charge in [-0.2, -0.15) is 0 Å². The molecule has 2 heterocycles. The molecule has 1 N–H and O–H groups in total. The zero-order chi connectivity index (χ0) is 21.2. The van der Waals surface area contributed by atoms with Crippen LogP contribution >= 0.6 is 11.8 Å². The van der Waals surface area contributed by atoms with Crippen molar-refractivity contribution in [3.05, 3.63) is 41.1 Å². The first kappa shape index (κ1) is 21.4. The second kappa shape index (κ2) is 8.61. The fourth-order valence-electron chi connectivity index (χ4n) is 3.39. The number of benzene rings is 1. The van der Waals surface area contributed by atoms with Crippen LogP contribution in [0.1, 0.15) is 52.6 Å². The van der Waals surface area contributed by atoms with Gasteiger partial charge in [0.2, 0.25) is 5.91 Å². The fraction of sp³-hybridized carbons (Fsp3) is 0.500. The Bertz CT molecular complexity index is 870. The number of ether oxygens (including phenoxy) is 1. The van der Waals surface area contributed by atoms with E-state index in [1.807, 2.05) is 52.0 Å². The van der Waals surface area contributed by atoms with Crippen molar-refractivity contribution in [1.29, 1.82) is 0 Å². The van der Waals surface area contributed by atoms with E-state index in [-0.39, 0.29) is 17.9 Å². The molecule has 3 rings (SSSR count). The quantitative estimate of drug-likeness (QED) is 0.740. The number of esters is 1. The van der Waals surface area contributed by atoms with Crippen molar-refractivity contribution in [3.63, 3.8) is 0 Å². The van der Waals surface area contributed by atoms with Gasteiger partial charge in [-0.1, -0.05) is 44.7 Å². The maximum absolute atomic E-state index is 12.8. The van der Waals surface area contributed by atoms with Crippen LogP contribution in [0.3, 0.4) is 0 Å². The standard InChI is InChI=1S/C22H29N3O3S/c1-6-28-19(26)17-14(2)23-21-25(11-8-12-29-21)18(17)15-9-7-10-16(13-15)24-20(27)22(3,4)5/h7,9-10,13,18H,6,8,11-12H2,1-5H3,(H,24,27)/t18-/m0/s1. The Morgan fingerprint density at radius 1 is 1.34 bits per heavy atom. The molecule has 0 aliphatic carbocycles. The monoisotopic (exact) mass is 415 g/mol. The van der Waals surface area contributed by atoms with Crippen LogP contribution in [-0.4, -0.2) is 40.8 Å². The average Bonchev–Trinajstić information content (AvgIpc) is 2.66. The summed E-state index contributed by atoms with van der Waals surface area (Å²) in [7, 11) is 0. The van der Waals surface area contributed by atoms with E-state index >= 15 is 0 Å². The zero-order valence-electron chi connectivity index (χ0n) is 17.7. The summed E-state index contributed by atoms with van der Waals surface area (Å²) in [6.45, 7) is 10.5. The molecule has 1 fully saturated rings. The summed E-state index contributed by atoms with van der Waals surface area (Å²) in [6, 6.07) is 7.45. The normalized spacial score (nSPS) is 19.4. The molecule has 156 valence electrons. The maximum Gasteiger partial charge on any atom is 0.338 e. The largest absolute Gasteiger partial charge is 0.463 e. The molecule has 0 spiro atoms. The van der Waals surface area contributed by atoms with Gasteiger partial charge < -0.3 is 15.0 Å². The Balaban J connectivity index is 2.01. The number of hydrogen-bond donors (Lipinski definition) is 1. The van der Waals surface area contributed by atoms with E-state index in [0.29, 0.717) is 17.9 Å². The summed E-state index contributed by atoms with van der Waals surface area (Å²) in [5, 5.41) is 3.93. The highest BCUT2D eigenvalue weighted by atomic mass is 32.2. The van der Waals surface area contributed by atoms with Gasteiger partial charge in [0.05, 0.1) is 23.9 Å². The van der Waals surface area contributed by atoms with Gasteiger partial charge in [-0.15, -0.1) is 0 Å². The summed E-state index contributed by atoms with van der Waals surface area (Å²) < 4.78 is 5.35. The van der Waals surface area contributed by atoms with Gasteiger partial charge in [-0.05, 0) is 38.0 Å². The van der Waals surface area contributed by atoms with E-state index in [2.05, 4.69) is 15.2 Å². The Kier molecular flexibility index (Phi) is 6.36. The molecule has 7 heteroatoms. The number of nitrogens with one attached hydrogen (secondary N) is 1. The lowest BCUT2D eigenvalue weighted by molar-refractivity contribution is -0.139. The molecule has 0 unspecified atom stereocenters. The molecule has 2 aliphatic rings. The molecular formula is C22H29N3O3S. The van der Waals surface area contributed by atoms with Crippen molar-refractivity contribution >= 4 is 34.5 Å². The third kappa shape index (κ3) is 4.66. The van der Waals surface area contributed by atoms with Crippen molar-refractivity contribution in [2.75, 3.05) is 24.2 Å². The van der Waals surface area contributed by atoms with Crippen LogP contribution in [0.4, 0.5) is 5.69 Å². The van der Waals surface area contributed by atoms with Crippen LogP contribution in [0.25, 0.3) is 0 Å². The van der Waals surface area contributed by atoms with Crippen LogP contribution in [-0.2, 0) is 14.3 Å². The number of aliphatic imine (C=N–C) groups is 1. The van der Waals surface area contributed by atoms with Crippen molar-refractivity contribution in [2.24, 2.45) is 10.4 Å². The number of thioether (sulfide) groups is 1. The Morgan fingerprint density at radius 2 is 2.10 bits per heavy atom. The minimum absolute atomic E-state index is 0.0496. The van der Waals surface area contributed by atoms with Gasteiger partial charge in [0, 0.05) is 23.4 Å². The predicted molar refractivity (Wildman–Crippen MR) is 118 cm³/mol. The lowest BCUT2D eigenvalue weighted by Gasteiger charge is -2.40. The van der Waals surface area contributed by atoms with E-state index in [0.717, 1.165) is 35.1 Å². The number of fused-ring (bicyclic) bond motifs is 1. The summed E-state index contributed by atoms with van der Waals surface area (Å²) in [6.07, 6.45) is 1.02. The molecule has 1 saturated heterocycles. The molecule has 1 atom stereocenters. The van der Waals surface area contributed by atoms with Crippen LogP contribution < -0.4 is 5.32 Å². The number of anilines is 1. The number of allylic oxidation sites excluding steroid dienone is 1. The summed E-state index contributed by atoms with van der Waals surface area (Å²) in [5.41, 5.74) is 2.43. The van der Waals surface area contributed by atoms with E-state index in [9.17, 15) is 9.59 Å². The minimum Gasteiger partial charge on any atom is -0.463 e. The molecule has 29 heavy (non-hydrogen) atoms. The number of carbonyl (C=O) groups is 2. The second-order valence-corrected chi connectivity index (χ2v) is 9.30. The highest BCUT2D eigenvalue weighted by molar-refractivity contribution is 8.13. The minimum atomic E-state index is -0.489. The van der Waals surface area contributed by atoms with Gasteiger partial charge in [0.1, 0.15) is 0 Å². The predicted octanol–water partition coefficient (Wildman–Crippen LogP) is 4.36. The molecule has 6 nitrogen and oxygen atoms in total. The lowest BCUT2D eigenvalue weighted by Crippen LogP contribution is -2.42. The van der Waals surface area contributed by atoms with Crippen molar-refractivity contribution < 1.29 is 14.3 Å². The molecule has 1 amide bonds.